The second-order valence-corrected chi connectivity index (χ2v) is 8.51. The van der Waals surface area contributed by atoms with Crippen LogP contribution in [0.5, 0.6) is 0 Å². The Kier molecular flexibility index (Phi) is 4.91. The summed E-state index contributed by atoms with van der Waals surface area (Å²) < 4.78 is 0. The Bertz CT molecular complexity index is 847. The van der Waals surface area contributed by atoms with Gasteiger partial charge in [0.05, 0.1) is 0 Å². The van der Waals surface area contributed by atoms with E-state index in [-0.39, 0.29) is 5.91 Å². The van der Waals surface area contributed by atoms with Crippen molar-refractivity contribution in [3.63, 3.8) is 0 Å². The van der Waals surface area contributed by atoms with Crippen molar-refractivity contribution >= 4 is 5.91 Å². The summed E-state index contributed by atoms with van der Waals surface area (Å²) in [7, 11) is 0. The number of amides is 1. The molecule has 5 rings (SSSR count). The van der Waals surface area contributed by atoms with Gasteiger partial charge < -0.3 is 4.90 Å². The van der Waals surface area contributed by atoms with Crippen LogP contribution in [0.3, 0.4) is 0 Å². The summed E-state index contributed by atoms with van der Waals surface area (Å²) in [6.45, 7) is 7.07. The van der Waals surface area contributed by atoms with E-state index in [0.717, 1.165) is 51.3 Å². The lowest BCUT2D eigenvalue weighted by Gasteiger charge is -2.37. The number of piperazine rings is 1. The summed E-state index contributed by atoms with van der Waals surface area (Å²) in [5.74, 6) is 0.199. The fourth-order valence-corrected chi connectivity index (χ4v) is 5.06. The van der Waals surface area contributed by atoms with Crippen molar-refractivity contribution in [2.45, 2.75) is 38.4 Å². The van der Waals surface area contributed by atoms with Gasteiger partial charge in [-0.05, 0) is 54.6 Å². The Labute approximate surface area is 167 Å². The van der Waals surface area contributed by atoms with Crippen LogP contribution in [-0.4, -0.2) is 59.4 Å². The average molecular weight is 376 g/mol. The molecule has 3 aliphatic heterocycles. The molecule has 1 atom stereocenters. The van der Waals surface area contributed by atoms with Crippen LogP contribution in [0, 0.1) is 0 Å². The largest absolute Gasteiger partial charge is 0.336 e. The lowest BCUT2D eigenvalue weighted by atomic mass is 9.99. The number of nitrogens with zero attached hydrogens (tertiary/aromatic N) is 3. The SMILES string of the molecule is O=C(c1ccc(CN2CCc3ccccc3C2)cc1)N1CCN2CCCC2C1. The third kappa shape index (κ3) is 3.59. The summed E-state index contributed by atoms with van der Waals surface area (Å²) >= 11 is 0. The first-order chi connectivity index (χ1) is 13.8. The van der Waals surface area contributed by atoms with E-state index in [4.69, 9.17) is 0 Å². The van der Waals surface area contributed by atoms with Gasteiger partial charge in [0.1, 0.15) is 0 Å². The minimum absolute atomic E-state index is 0.199. The third-order valence-corrected chi connectivity index (χ3v) is 6.69. The highest BCUT2D eigenvalue weighted by molar-refractivity contribution is 5.94. The fourth-order valence-electron chi connectivity index (χ4n) is 5.06. The van der Waals surface area contributed by atoms with Gasteiger partial charge in [0.25, 0.3) is 5.91 Å². The first kappa shape index (κ1) is 17.9. The van der Waals surface area contributed by atoms with Gasteiger partial charge in [-0.25, -0.2) is 0 Å². The Balaban J connectivity index is 1.21. The van der Waals surface area contributed by atoms with E-state index in [1.54, 1.807) is 0 Å². The van der Waals surface area contributed by atoms with E-state index in [9.17, 15) is 4.79 Å². The number of benzene rings is 2. The van der Waals surface area contributed by atoms with Crippen molar-refractivity contribution in [2.24, 2.45) is 0 Å². The highest BCUT2D eigenvalue weighted by Gasteiger charge is 2.32. The van der Waals surface area contributed by atoms with E-state index in [2.05, 4.69) is 51.1 Å². The van der Waals surface area contributed by atoms with Crippen LogP contribution in [0.15, 0.2) is 48.5 Å². The molecule has 0 bridgehead atoms. The molecule has 0 saturated carbocycles. The van der Waals surface area contributed by atoms with Crippen molar-refractivity contribution in [3.05, 3.63) is 70.8 Å². The molecule has 2 aromatic carbocycles. The summed E-state index contributed by atoms with van der Waals surface area (Å²) in [4.78, 5) is 20.0. The van der Waals surface area contributed by atoms with Gasteiger partial charge in [0, 0.05) is 50.9 Å². The molecule has 1 unspecified atom stereocenters. The van der Waals surface area contributed by atoms with Gasteiger partial charge in [-0.15, -0.1) is 0 Å². The molecule has 0 spiro atoms. The van der Waals surface area contributed by atoms with Crippen molar-refractivity contribution in [3.8, 4) is 0 Å². The van der Waals surface area contributed by atoms with E-state index >= 15 is 0 Å². The first-order valence-corrected chi connectivity index (χ1v) is 10.7. The van der Waals surface area contributed by atoms with E-state index in [1.807, 2.05) is 12.1 Å². The summed E-state index contributed by atoms with van der Waals surface area (Å²) in [5.41, 5.74) is 5.06. The van der Waals surface area contributed by atoms with Gasteiger partial charge in [0.2, 0.25) is 0 Å². The van der Waals surface area contributed by atoms with E-state index in [1.165, 1.54) is 36.1 Å². The van der Waals surface area contributed by atoms with Crippen molar-refractivity contribution in [2.75, 3.05) is 32.7 Å². The minimum Gasteiger partial charge on any atom is -0.336 e. The molecule has 2 aromatic rings. The monoisotopic (exact) mass is 375 g/mol. The minimum atomic E-state index is 0.199. The molecule has 146 valence electrons. The molecule has 0 aliphatic carbocycles. The zero-order chi connectivity index (χ0) is 18.9. The number of carbonyl (C=O) groups excluding carboxylic acids is 1. The highest BCUT2D eigenvalue weighted by Crippen LogP contribution is 2.23. The molecule has 4 nitrogen and oxygen atoms in total. The molecule has 2 saturated heterocycles. The van der Waals surface area contributed by atoms with Crippen LogP contribution in [0.25, 0.3) is 0 Å². The topological polar surface area (TPSA) is 26.8 Å². The number of hydrogen-bond donors (Lipinski definition) is 0. The Morgan fingerprint density at radius 2 is 1.75 bits per heavy atom. The molecule has 0 N–H and O–H groups in total. The number of rotatable bonds is 3. The van der Waals surface area contributed by atoms with Crippen LogP contribution in [-0.2, 0) is 19.5 Å². The Hall–Kier alpha value is -2.17. The normalized spacial score (nSPS) is 22.7. The van der Waals surface area contributed by atoms with Crippen molar-refractivity contribution < 1.29 is 4.79 Å². The molecule has 28 heavy (non-hydrogen) atoms. The van der Waals surface area contributed by atoms with Gasteiger partial charge in [0.15, 0.2) is 0 Å². The van der Waals surface area contributed by atoms with E-state index in [0.29, 0.717) is 6.04 Å². The number of fused-ring (bicyclic) bond motifs is 2. The standard InChI is InChI=1S/C24H29N3O/c28-24(27-15-14-26-12-3-6-23(26)18-27)21-9-7-19(8-10-21)16-25-13-11-20-4-1-2-5-22(20)17-25/h1-2,4-5,7-10,23H,3,6,11-18H2. The summed E-state index contributed by atoms with van der Waals surface area (Å²) in [5, 5.41) is 0. The van der Waals surface area contributed by atoms with Crippen LogP contribution >= 0.6 is 0 Å². The van der Waals surface area contributed by atoms with Crippen molar-refractivity contribution in [1.82, 2.24) is 14.7 Å². The molecule has 0 radical (unpaired) electrons. The Morgan fingerprint density at radius 1 is 0.929 bits per heavy atom. The summed E-state index contributed by atoms with van der Waals surface area (Å²) in [6, 6.07) is 17.7. The van der Waals surface area contributed by atoms with Crippen LogP contribution < -0.4 is 0 Å². The molecule has 4 heteroatoms. The summed E-state index contributed by atoms with van der Waals surface area (Å²) in [6.07, 6.45) is 3.64. The van der Waals surface area contributed by atoms with Gasteiger partial charge >= 0.3 is 0 Å². The van der Waals surface area contributed by atoms with Gasteiger partial charge in [-0.3, -0.25) is 14.6 Å². The Morgan fingerprint density at radius 3 is 2.61 bits per heavy atom. The molecule has 3 aliphatic rings. The molecular weight excluding hydrogens is 346 g/mol. The van der Waals surface area contributed by atoms with Crippen LogP contribution in [0.4, 0.5) is 0 Å². The van der Waals surface area contributed by atoms with Crippen molar-refractivity contribution in [1.29, 1.82) is 0 Å². The quantitative estimate of drug-likeness (QED) is 0.825. The second kappa shape index (κ2) is 7.69. The smallest absolute Gasteiger partial charge is 0.253 e. The second-order valence-electron chi connectivity index (χ2n) is 8.51. The molecule has 2 fully saturated rings. The lowest BCUT2D eigenvalue weighted by Crippen LogP contribution is -2.52. The predicted molar refractivity (Wildman–Crippen MR) is 111 cm³/mol. The molecular formula is C24H29N3O. The predicted octanol–water partition coefficient (Wildman–Crippen LogP) is 3.17. The van der Waals surface area contributed by atoms with Gasteiger partial charge in [-0.1, -0.05) is 36.4 Å². The lowest BCUT2D eigenvalue weighted by molar-refractivity contribution is 0.0571. The highest BCUT2D eigenvalue weighted by atomic mass is 16.2. The maximum Gasteiger partial charge on any atom is 0.253 e. The first-order valence-electron chi connectivity index (χ1n) is 10.7. The van der Waals surface area contributed by atoms with E-state index < -0.39 is 0 Å². The van der Waals surface area contributed by atoms with Gasteiger partial charge in [-0.2, -0.15) is 0 Å². The number of carbonyl (C=O) groups is 1. The zero-order valence-electron chi connectivity index (χ0n) is 16.5. The van der Waals surface area contributed by atoms with Crippen LogP contribution in [0.2, 0.25) is 0 Å². The number of hydrogen-bond acceptors (Lipinski definition) is 3. The average Bonchev–Trinajstić information content (AvgIpc) is 3.21. The molecule has 3 heterocycles. The maximum atomic E-state index is 12.9. The fraction of sp³-hybridized carbons (Fsp3) is 0.458. The van der Waals surface area contributed by atoms with Crippen LogP contribution in [0.1, 0.15) is 39.9 Å². The zero-order valence-corrected chi connectivity index (χ0v) is 16.5. The molecule has 1 amide bonds. The molecule has 0 aromatic heterocycles. The third-order valence-electron chi connectivity index (χ3n) is 6.69. The maximum absolute atomic E-state index is 12.9.